The van der Waals surface area contributed by atoms with E-state index in [9.17, 15) is 4.79 Å². The maximum absolute atomic E-state index is 11.8. The summed E-state index contributed by atoms with van der Waals surface area (Å²) in [5.74, 6) is 0.628. The highest BCUT2D eigenvalue weighted by Crippen LogP contribution is 2.46. The lowest BCUT2D eigenvalue weighted by Gasteiger charge is -2.33. The van der Waals surface area contributed by atoms with Gasteiger partial charge in [0.2, 0.25) is 5.91 Å². The molecule has 1 heterocycles. The second-order valence-electron chi connectivity index (χ2n) is 4.56. The molecule has 1 amide bonds. The van der Waals surface area contributed by atoms with Crippen molar-refractivity contribution < 1.29 is 4.79 Å². The van der Waals surface area contributed by atoms with Gasteiger partial charge in [0.05, 0.1) is 12.0 Å². The molecular weight excluding hydrogens is 174 g/mol. The normalized spacial score (nSPS) is 47.8. The van der Waals surface area contributed by atoms with Crippen molar-refractivity contribution in [2.24, 2.45) is 17.3 Å². The first-order valence-electron chi connectivity index (χ1n) is 5.06. The summed E-state index contributed by atoms with van der Waals surface area (Å²) in [5, 5.41) is 3.03. The van der Waals surface area contributed by atoms with Gasteiger partial charge >= 0.3 is 0 Å². The predicted molar refractivity (Wildman–Crippen MR) is 54.4 cm³/mol. The molecule has 1 aliphatic heterocycles. The fourth-order valence-corrected chi connectivity index (χ4v) is 2.87. The number of rotatable bonds is 0. The van der Waals surface area contributed by atoms with Crippen LogP contribution in [0.1, 0.15) is 6.92 Å². The lowest BCUT2D eigenvalue weighted by molar-refractivity contribution is -0.124. The van der Waals surface area contributed by atoms with Crippen LogP contribution in [0.15, 0.2) is 36.5 Å². The van der Waals surface area contributed by atoms with Gasteiger partial charge in [-0.1, -0.05) is 43.4 Å². The van der Waals surface area contributed by atoms with Crippen LogP contribution in [0.4, 0.5) is 0 Å². The van der Waals surface area contributed by atoms with E-state index in [1.165, 1.54) is 0 Å². The molecule has 0 aromatic heterocycles. The highest BCUT2D eigenvalue weighted by Gasteiger charge is 2.51. The Kier molecular flexibility index (Phi) is 1.37. The summed E-state index contributed by atoms with van der Waals surface area (Å²) in [6, 6.07) is 0.219. The molecule has 1 fully saturated rings. The molecule has 2 heteroatoms. The molecule has 1 saturated heterocycles. The Morgan fingerprint density at radius 3 is 3.00 bits per heavy atom. The quantitative estimate of drug-likeness (QED) is 0.571. The van der Waals surface area contributed by atoms with Gasteiger partial charge in [0.1, 0.15) is 0 Å². The standard InChI is InChI=1S/C12H13NO/c1-12-6-3-2-4-8-9(5-7-12)13-11(14)10(8)12/h2-10H,1H3,(H,13,14)/t8-,9+,10-,12+/m0/s1. The Balaban J connectivity index is 2.20. The predicted octanol–water partition coefficient (Wildman–Crippen LogP) is 1.42. The molecule has 4 bridgehead atoms. The zero-order valence-electron chi connectivity index (χ0n) is 8.10. The van der Waals surface area contributed by atoms with Gasteiger partial charge < -0.3 is 5.32 Å². The fraction of sp³-hybridized carbons (Fsp3) is 0.417. The molecule has 0 spiro atoms. The molecular formula is C12H13NO. The first kappa shape index (κ1) is 8.04. The molecule has 0 aromatic carbocycles. The number of amides is 1. The minimum absolute atomic E-state index is 0.0903. The van der Waals surface area contributed by atoms with Crippen LogP contribution < -0.4 is 5.32 Å². The molecule has 3 aliphatic rings. The number of carbonyl (C=O) groups is 1. The highest BCUT2D eigenvalue weighted by molar-refractivity contribution is 5.85. The second-order valence-corrected chi connectivity index (χ2v) is 4.56. The van der Waals surface area contributed by atoms with E-state index in [1.807, 2.05) is 0 Å². The van der Waals surface area contributed by atoms with Gasteiger partial charge in [-0.3, -0.25) is 4.79 Å². The number of hydrogen-bond donors (Lipinski definition) is 1. The van der Waals surface area contributed by atoms with E-state index >= 15 is 0 Å². The zero-order valence-corrected chi connectivity index (χ0v) is 8.10. The SMILES string of the molecule is C[C@]12C=CC=C[C@@H]3[C@H]1C(=O)N[C@@H]3C=C2. The molecule has 0 radical (unpaired) electrons. The molecule has 0 aromatic rings. The highest BCUT2D eigenvalue weighted by atomic mass is 16.2. The van der Waals surface area contributed by atoms with Gasteiger partial charge in [0, 0.05) is 11.3 Å². The summed E-state index contributed by atoms with van der Waals surface area (Å²) in [4.78, 5) is 11.8. The third-order valence-corrected chi connectivity index (χ3v) is 3.62. The molecule has 1 N–H and O–H groups in total. The first-order valence-corrected chi connectivity index (χ1v) is 5.06. The van der Waals surface area contributed by atoms with Crippen LogP contribution in [0.25, 0.3) is 0 Å². The van der Waals surface area contributed by atoms with Crippen molar-refractivity contribution in [2.75, 3.05) is 0 Å². The Bertz CT molecular complexity index is 380. The summed E-state index contributed by atoms with van der Waals surface area (Å²) in [6.45, 7) is 2.13. The van der Waals surface area contributed by atoms with Crippen LogP contribution >= 0.6 is 0 Å². The van der Waals surface area contributed by atoms with Crippen LogP contribution in [0.3, 0.4) is 0 Å². The van der Waals surface area contributed by atoms with Crippen LogP contribution in [0.2, 0.25) is 0 Å². The Hall–Kier alpha value is -1.31. The van der Waals surface area contributed by atoms with Gasteiger partial charge in [0.25, 0.3) is 0 Å². The molecule has 14 heavy (non-hydrogen) atoms. The van der Waals surface area contributed by atoms with E-state index < -0.39 is 0 Å². The number of nitrogens with one attached hydrogen (secondary N) is 1. The Labute approximate surface area is 83.4 Å². The van der Waals surface area contributed by atoms with Gasteiger partial charge in [-0.2, -0.15) is 0 Å². The third kappa shape index (κ3) is 0.834. The van der Waals surface area contributed by atoms with E-state index in [1.54, 1.807) is 0 Å². The Morgan fingerprint density at radius 1 is 1.29 bits per heavy atom. The summed E-state index contributed by atoms with van der Waals surface area (Å²) < 4.78 is 0. The molecule has 2 aliphatic carbocycles. The van der Waals surface area contributed by atoms with Crippen molar-refractivity contribution in [3.8, 4) is 0 Å². The largest absolute Gasteiger partial charge is 0.349 e. The van der Waals surface area contributed by atoms with Crippen LogP contribution in [0.5, 0.6) is 0 Å². The maximum Gasteiger partial charge on any atom is 0.225 e. The van der Waals surface area contributed by atoms with Crippen molar-refractivity contribution in [1.82, 2.24) is 5.32 Å². The van der Waals surface area contributed by atoms with Crippen molar-refractivity contribution >= 4 is 5.91 Å². The second kappa shape index (κ2) is 2.38. The first-order chi connectivity index (χ1) is 6.71. The number of allylic oxidation sites excluding steroid dienone is 4. The van der Waals surface area contributed by atoms with Crippen molar-refractivity contribution in [1.29, 1.82) is 0 Å². The zero-order chi connectivity index (χ0) is 9.76. The summed E-state index contributed by atoms with van der Waals surface area (Å²) in [5.41, 5.74) is -0.0920. The lowest BCUT2D eigenvalue weighted by Crippen LogP contribution is -2.34. The monoisotopic (exact) mass is 187 g/mol. The summed E-state index contributed by atoms with van der Waals surface area (Å²) in [6.07, 6.45) is 12.7. The summed E-state index contributed by atoms with van der Waals surface area (Å²) >= 11 is 0. The van der Waals surface area contributed by atoms with Crippen LogP contribution in [-0.2, 0) is 4.79 Å². The van der Waals surface area contributed by atoms with Crippen LogP contribution in [0, 0.1) is 17.3 Å². The van der Waals surface area contributed by atoms with Crippen molar-refractivity contribution in [3.05, 3.63) is 36.5 Å². The van der Waals surface area contributed by atoms with E-state index in [2.05, 4.69) is 48.7 Å². The molecule has 2 nitrogen and oxygen atoms in total. The molecule has 4 atom stereocenters. The van der Waals surface area contributed by atoms with Gasteiger partial charge in [-0.05, 0) is 0 Å². The summed E-state index contributed by atoms with van der Waals surface area (Å²) in [7, 11) is 0. The van der Waals surface area contributed by atoms with E-state index in [0.717, 1.165) is 0 Å². The molecule has 72 valence electrons. The van der Waals surface area contributed by atoms with Crippen molar-refractivity contribution in [2.45, 2.75) is 13.0 Å². The third-order valence-electron chi connectivity index (χ3n) is 3.62. The van der Waals surface area contributed by atoms with E-state index in [-0.39, 0.29) is 23.3 Å². The average Bonchev–Trinajstić information content (AvgIpc) is 2.31. The average molecular weight is 187 g/mol. The van der Waals surface area contributed by atoms with Crippen LogP contribution in [-0.4, -0.2) is 11.9 Å². The molecule has 0 saturated carbocycles. The Morgan fingerprint density at radius 2 is 2.14 bits per heavy atom. The lowest BCUT2D eigenvalue weighted by atomic mass is 9.67. The minimum atomic E-state index is -0.0920. The minimum Gasteiger partial charge on any atom is -0.349 e. The molecule has 3 rings (SSSR count). The topological polar surface area (TPSA) is 29.1 Å². The number of carbonyl (C=O) groups excluding carboxylic acids is 1. The van der Waals surface area contributed by atoms with Gasteiger partial charge in [-0.25, -0.2) is 0 Å². The van der Waals surface area contributed by atoms with Gasteiger partial charge in [-0.15, -0.1) is 0 Å². The van der Waals surface area contributed by atoms with E-state index in [0.29, 0.717) is 5.92 Å². The maximum atomic E-state index is 11.8. The van der Waals surface area contributed by atoms with E-state index in [4.69, 9.17) is 0 Å². The number of hydrogen-bond acceptors (Lipinski definition) is 1. The smallest absolute Gasteiger partial charge is 0.225 e. The molecule has 0 unspecified atom stereocenters. The fourth-order valence-electron chi connectivity index (χ4n) is 2.87. The van der Waals surface area contributed by atoms with Crippen molar-refractivity contribution in [3.63, 3.8) is 0 Å². The van der Waals surface area contributed by atoms with Gasteiger partial charge in [0.15, 0.2) is 0 Å².